The number of hydrogen-bond acceptors (Lipinski definition) is 1. The van der Waals surface area contributed by atoms with Crippen molar-refractivity contribution in [2.45, 2.75) is 12.8 Å². The zero-order valence-corrected chi connectivity index (χ0v) is 13.3. The van der Waals surface area contributed by atoms with Crippen LogP contribution in [-0.2, 0) is 0 Å². The molecule has 0 N–H and O–H groups in total. The van der Waals surface area contributed by atoms with Crippen molar-refractivity contribution in [3.8, 4) is 6.07 Å². The number of halogens is 12. The molecule has 0 unspecified atom stereocenters. The minimum atomic E-state index is -6.00. The van der Waals surface area contributed by atoms with E-state index in [1.807, 2.05) is 0 Å². The molecule has 0 aliphatic heterocycles. The normalized spacial score (nSPS) is 13.7. The summed E-state index contributed by atoms with van der Waals surface area (Å²) in [4.78, 5) is 0. The van der Waals surface area contributed by atoms with Gasteiger partial charge in [-0.1, -0.05) is 0 Å². The standard InChI is InChI=1S/C4H5N.3BF4.K.H/c5-3-4-1-2-4;3*2-1(3,4)5;;/h4H,1-2H2;;;;;/q;3*-1;+1;-1. The molecule has 1 aliphatic carbocycles. The molecule has 1 saturated carbocycles. The van der Waals surface area contributed by atoms with Gasteiger partial charge in [0.05, 0.1) is 6.07 Å². The van der Waals surface area contributed by atoms with Crippen molar-refractivity contribution in [1.82, 2.24) is 0 Å². The molecule has 21 heavy (non-hydrogen) atoms. The number of hydrogen-bond donors (Lipinski definition) is 0. The second-order valence-corrected chi connectivity index (χ2v) is 2.89. The Morgan fingerprint density at radius 2 is 0.810 bits per heavy atom. The van der Waals surface area contributed by atoms with Gasteiger partial charge < -0.3 is 53.2 Å². The minimum absolute atomic E-state index is 0. The van der Waals surface area contributed by atoms with E-state index in [2.05, 4.69) is 6.07 Å². The molecular weight excluding hydrogens is 362 g/mol. The van der Waals surface area contributed by atoms with Gasteiger partial charge >= 0.3 is 73.1 Å². The van der Waals surface area contributed by atoms with Crippen LogP contribution in [0.15, 0.2) is 0 Å². The molecule has 0 saturated heterocycles. The fourth-order valence-electron chi connectivity index (χ4n) is 0.212. The first-order chi connectivity index (χ1) is 8.43. The SMILES string of the molecule is F[B-](F)(F)F.F[B-](F)(F)F.F[B-](F)(F)F.N#CC1CC1.[H-].[K+]. The van der Waals surface area contributed by atoms with E-state index in [1.54, 1.807) is 0 Å². The van der Waals surface area contributed by atoms with Gasteiger partial charge in [-0.25, -0.2) is 0 Å². The van der Waals surface area contributed by atoms with E-state index in [4.69, 9.17) is 5.26 Å². The molecule has 124 valence electrons. The first kappa shape index (κ1) is 29.5. The van der Waals surface area contributed by atoms with E-state index < -0.39 is 21.8 Å². The summed E-state index contributed by atoms with van der Waals surface area (Å²) in [5.74, 6) is 0.440. The number of nitrogens with zero attached hydrogens (tertiary/aromatic N) is 1. The van der Waals surface area contributed by atoms with E-state index in [1.165, 1.54) is 0 Å². The van der Waals surface area contributed by atoms with Crippen LogP contribution >= 0.6 is 0 Å². The largest absolute Gasteiger partial charge is 1.00 e. The molecule has 0 aromatic carbocycles. The molecule has 0 atom stereocenters. The van der Waals surface area contributed by atoms with E-state index >= 15 is 0 Å². The Labute approximate surface area is 155 Å². The first-order valence-corrected chi connectivity index (χ1v) is 4.45. The third kappa shape index (κ3) is 233. The smallest absolute Gasteiger partial charge is 1.00 e. The topological polar surface area (TPSA) is 23.8 Å². The Kier molecular flexibility index (Phi) is 18.2. The predicted molar refractivity (Wildman–Crippen MR) is 50.0 cm³/mol. The van der Waals surface area contributed by atoms with E-state index in [9.17, 15) is 51.8 Å². The summed E-state index contributed by atoms with van der Waals surface area (Å²) in [6.07, 6.45) is 2.30. The molecule has 0 amide bonds. The molecule has 17 heteroatoms. The van der Waals surface area contributed by atoms with Crippen molar-refractivity contribution in [2.75, 3.05) is 0 Å². The van der Waals surface area contributed by atoms with E-state index in [-0.39, 0.29) is 52.8 Å². The molecule has 0 bridgehead atoms. The maximum atomic E-state index is 9.75. The van der Waals surface area contributed by atoms with Gasteiger partial charge in [-0.05, 0) is 12.8 Å². The molecule has 0 heterocycles. The van der Waals surface area contributed by atoms with Gasteiger partial charge in [-0.3, -0.25) is 0 Å². The average molecular weight is 368 g/mol. The zero-order valence-electron chi connectivity index (χ0n) is 11.2. The van der Waals surface area contributed by atoms with Gasteiger partial charge in [0, 0.05) is 5.92 Å². The van der Waals surface area contributed by atoms with Gasteiger partial charge in [0.15, 0.2) is 0 Å². The van der Waals surface area contributed by atoms with Gasteiger partial charge in [0.1, 0.15) is 0 Å². The Morgan fingerprint density at radius 3 is 0.810 bits per heavy atom. The van der Waals surface area contributed by atoms with Crippen LogP contribution in [0.4, 0.5) is 51.8 Å². The van der Waals surface area contributed by atoms with Crippen LogP contribution < -0.4 is 51.4 Å². The van der Waals surface area contributed by atoms with Crippen LogP contribution in [0.5, 0.6) is 0 Å². The Morgan fingerprint density at radius 1 is 0.667 bits per heavy atom. The van der Waals surface area contributed by atoms with Crippen LogP contribution in [-0.4, -0.2) is 21.8 Å². The van der Waals surface area contributed by atoms with Crippen LogP contribution in [0.25, 0.3) is 0 Å². The maximum Gasteiger partial charge on any atom is 1.00 e. The van der Waals surface area contributed by atoms with Crippen molar-refractivity contribution in [3.63, 3.8) is 0 Å². The summed E-state index contributed by atoms with van der Waals surface area (Å²) in [6, 6.07) is 2.14. The summed E-state index contributed by atoms with van der Waals surface area (Å²) in [6.45, 7) is 0. The monoisotopic (exact) mass is 368 g/mol. The van der Waals surface area contributed by atoms with Crippen LogP contribution in [0.3, 0.4) is 0 Å². The summed E-state index contributed by atoms with van der Waals surface area (Å²) in [5, 5.41) is 7.96. The van der Waals surface area contributed by atoms with Gasteiger partial charge in [-0.15, -0.1) is 0 Å². The Balaban J connectivity index is -0.0000000567. The summed E-state index contributed by atoms with van der Waals surface area (Å²) in [7, 11) is -18.0. The molecule has 1 nitrogen and oxygen atoms in total. The maximum absolute atomic E-state index is 9.75. The van der Waals surface area contributed by atoms with Gasteiger partial charge in [0.25, 0.3) is 0 Å². The summed E-state index contributed by atoms with van der Waals surface area (Å²) >= 11 is 0. The summed E-state index contributed by atoms with van der Waals surface area (Å²) in [5.41, 5.74) is 0. The molecular formula is C4H6B3F12KN-3. The van der Waals surface area contributed by atoms with Crippen molar-refractivity contribution in [2.24, 2.45) is 5.92 Å². The van der Waals surface area contributed by atoms with Crippen molar-refractivity contribution in [1.29, 1.82) is 5.26 Å². The second kappa shape index (κ2) is 13.0. The van der Waals surface area contributed by atoms with Crippen molar-refractivity contribution >= 4 is 21.8 Å². The van der Waals surface area contributed by atoms with Crippen molar-refractivity contribution < 1.29 is 105 Å². The average Bonchev–Trinajstić information content (AvgIpc) is 2.74. The number of nitriles is 1. The van der Waals surface area contributed by atoms with E-state index in [0.29, 0.717) is 5.92 Å². The molecule has 0 radical (unpaired) electrons. The quantitative estimate of drug-likeness (QED) is 0.474. The van der Waals surface area contributed by atoms with Gasteiger partial charge in [0.2, 0.25) is 0 Å². The predicted octanol–water partition coefficient (Wildman–Crippen LogP) is 1.94. The third-order valence-electron chi connectivity index (χ3n) is 0.760. The Bertz CT molecular complexity index is 236. The third-order valence-corrected chi connectivity index (χ3v) is 0.760. The molecule has 0 aromatic rings. The molecule has 1 rings (SSSR count). The van der Waals surface area contributed by atoms with Gasteiger partial charge in [-0.2, -0.15) is 5.26 Å². The minimum Gasteiger partial charge on any atom is -1.00 e. The molecule has 0 aromatic heterocycles. The van der Waals surface area contributed by atoms with E-state index in [0.717, 1.165) is 12.8 Å². The van der Waals surface area contributed by atoms with Crippen molar-refractivity contribution in [3.05, 3.63) is 0 Å². The second-order valence-electron chi connectivity index (χ2n) is 2.89. The first-order valence-electron chi connectivity index (χ1n) is 4.45. The molecule has 1 aliphatic rings. The summed E-state index contributed by atoms with van der Waals surface area (Å²) < 4.78 is 117. The molecule has 1 fully saturated rings. The van der Waals surface area contributed by atoms with Crippen LogP contribution in [0.1, 0.15) is 14.3 Å². The zero-order chi connectivity index (χ0) is 17.2. The Hall–Kier alpha value is 0.481. The fourth-order valence-corrected chi connectivity index (χ4v) is 0.212. The number of rotatable bonds is 0. The molecule has 0 spiro atoms. The van der Waals surface area contributed by atoms with Crippen LogP contribution in [0.2, 0.25) is 0 Å². The fraction of sp³-hybridized carbons (Fsp3) is 0.750. The van der Waals surface area contributed by atoms with Crippen LogP contribution in [0, 0.1) is 17.2 Å².